The summed E-state index contributed by atoms with van der Waals surface area (Å²) in [6.45, 7) is 3.38. The van der Waals surface area contributed by atoms with Crippen LogP contribution in [0, 0.1) is 0 Å². The standard InChI is InChI=1S/C15H24O4S/c1-2-14(16)17-11-15(20,18-12-7-3-4-8-12)19-13-9-5-6-10-13/h2,12-13,20H,1,3-11H2. The number of hydrogen-bond donors (Lipinski definition) is 1. The summed E-state index contributed by atoms with van der Waals surface area (Å²) in [4.78, 5) is 11.2. The largest absolute Gasteiger partial charge is 0.456 e. The summed E-state index contributed by atoms with van der Waals surface area (Å²) in [7, 11) is 0. The third-order valence-corrected chi connectivity index (χ3v) is 4.21. The Morgan fingerprint density at radius 3 is 1.95 bits per heavy atom. The van der Waals surface area contributed by atoms with Gasteiger partial charge in [-0.05, 0) is 25.7 Å². The Kier molecular flexibility index (Phi) is 5.93. The summed E-state index contributed by atoms with van der Waals surface area (Å²) in [6.07, 6.45) is 10.2. The molecular formula is C15H24O4S. The third kappa shape index (κ3) is 4.79. The highest BCUT2D eigenvalue weighted by atomic mass is 32.1. The predicted molar refractivity (Wildman–Crippen MR) is 79.6 cm³/mol. The molecule has 20 heavy (non-hydrogen) atoms. The van der Waals surface area contributed by atoms with Crippen LogP contribution < -0.4 is 0 Å². The second-order valence-corrected chi connectivity index (χ2v) is 6.25. The van der Waals surface area contributed by atoms with Crippen molar-refractivity contribution >= 4 is 18.6 Å². The minimum atomic E-state index is -1.14. The van der Waals surface area contributed by atoms with Gasteiger partial charge in [-0.3, -0.25) is 0 Å². The van der Waals surface area contributed by atoms with Gasteiger partial charge in [-0.25, -0.2) is 4.79 Å². The van der Waals surface area contributed by atoms with Gasteiger partial charge in [-0.2, -0.15) is 0 Å². The van der Waals surface area contributed by atoms with Gasteiger partial charge in [0.2, 0.25) is 0 Å². The summed E-state index contributed by atoms with van der Waals surface area (Å²) in [5.41, 5.74) is 0. The van der Waals surface area contributed by atoms with Gasteiger partial charge < -0.3 is 14.2 Å². The van der Waals surface area contributed by atoms with E-state index in [1.807, 2.05) is 0 Å². The van der Waals surface area contributed by atoms with Crippen LogP contribution in [0.2, 0.25) is 0 Å². The zero-order chi connectivity index (χ0) is 14.4. The van der Waals surface area contributed by atoms with Crippen molar-refractivity contribution in [3.8, 4) is 0 Å². The first-order chi connectivity index (χ1) is 9.61. The molecule has 0 aromatic rings. The van der Waals surface area contributed by atoms with Crippen LogP contribution in [0.15, 0.2) is 12.7 Å². The highest BCUT2D eigenvalue weighted by Gasteiger charge is 2.37. The van der Waals surface area contributed by atoms with Crippen molar-refractivity contribution in [2.24, 2.45) is 0 Å². The first kappa shape index (κ1) is 15.9. The number of rotatable bonds is 7. The average molecular weight is 300 g/mol. The van der Waals surface area contributed by atoms with E-state index in [9.17, 15) is 4.79 Å². The van der Waals surface area contributed by atoms with Crippen molar-refractivity contribution in [2.45, 2.75) is 68.7 Å². The molecule has 114 valence electrons. The maximum atomic E-state index is 11.2. The number of hydrogen-bond acceptors (Lipinski definition) is 5. The number of esters is 1. The van der Waals surface area contributed by atoms with Crippen LogP contribution in [0.25, 0.3) is 0 Å². The van der Waals surface area contributed by atoms with E-state index in [1.54, 1.807) is 0 Å². The molecule has 0 N–H and O–H groups in total. The summed E-state index contributed by atoms with van der Waals surface area (Å²) < 4.78 is 17.1. The fourth-order valence-corrected chi connectivity index (χ4v) is 3.21. The number of carbonyl (C=O) groups is 1. The molecule has 0 saturated heterocycles. The van der Waals surface area contributed by atoms with Gasteiger partial charge in [0.1, 0.15) is 0 Å². The number of carbonyl (C=O) groups excluding carboxylic acids is 1. The topological polar surface area (TPSA) is 44.8 Å². The predicted octanol–water partition coefficient (Wildman–Crippen LogP) is 3.22. The molecule has 0 aromatic heterocycles. The molecule has 2 rings (SSSR count). The molecule has 0 bridgehead atoms. The van der Waals surface area contributed by atoms with Gasteiger partial charge in [-0.1, -0.05) is 32.3 Å². The molecule has 2 aliphatic rings. The monoisotopic (exact) mass is 300 g/mol. The van der Waals surface area contributed by atoms with Crippen LogP contribution in [0.5, 0.6) is 0 Å². The molecule has 0 radical (unpaired) electrons. The van der Waals surface area contributed by atoms with Crippen molar-refractivity contribution in [2.75, 3.05) is 6.61 Å². The Balaban J connectivity index is 1.92. The van der Waals surface area contributed by atoms with Crippen molar-refractivity contribution in [3.63, 3.8) is 0 Å². The highest BCUT2D eigenvalue weighted by Crippen LogP contribution is 2.33. The maximum Gasteiger partial charge on any atom is 0.330 e. The molecule has 2 fully saturated rings. The Morgan fingerprint density at radius 2 is 1.55 bits per heavy atom. The molecule has 0 atom stereocenters. The first-order valence-electron chi connectivity index (χ1n) is 7.48. The van der Waals surface area contributed by atoms with Gasteiger partial charge >= 0.3 is 5.97 Å². The zero-order valence-corrected chi connectivity index (χ0v) is 12.8. The van der Waals surface area contributed by atoms with Gasteiger partial charge in [0.15, 0.2) is 6.61 Å². The lowest BCUT2D eigenvalue weighted by Crippen LogP contribution is -2.41. The van der Waals surface area contributed by atoms with E-state index in [2.05, 4.69) is 19.2 Å². The Labute approximate surface area is 126 Å². The van der Waals surface area contributed by atoms with Crippen LogP contribution in [0.1, 0.15) is 51.4 Å². The average Bonchev–Trinajstić information content (AvgIpc) is 3.09. The van der Waals surface area contributed by atoms with E-state index in [0.717, 1.165) is 31.8 Å². The van der Waals surface area contributed by atoms with Crippen molar-refractivity contribution in [1.82, 2.24) is 0 Å². The normalized spacial score (nSPS) is 21.2. The lowest BCUT2D eigenvalue weighted by molar-refractivity contribution is -0.236. The summed E-state index contributed by atoms with van der Waals surface area (Å²) >= 11 is 4.53. The Bertz CT molecular complexity index is 315. The van der Waals surface area contributed by atoms with Crippen LogP contribution in [-0.4, -0.2) is 29.9 Å². The lowest BCUT2D eigenvalue weighted by atomic mass is 10.3. The fourth-order valence-electron chi connectivity index (χ4n) is 2.85. The van der Waals surface area contributed by atoms with E-state index in [1.165, 1.54) is 25.7 Å². The molecule has 0 spiro atoms. The first-order valence-corrected chi connectivity index (χ1v) is 7.93. The van der Waals surface area contributed by atoms with Gasteiger partial charge in [0.05, 0.1) is 12.2 Å². The Hall–Kier alpha value is -0.520. The van der Waals surface area contributed by atoms with E-state index >= 15 is 0 Å². The molecule has 4 nitrogen and oxygen atoms in total. The lowest BCUT2D eigenvalue weighted by Gasteiger charge is -2.33. The smallest absolute Gasteiger partial charge is 0.330 e. The molecule has 5 heteroatoms. The second-order valence-electron chi connectivity index (χ2n) is 5.57. The van der Waals surface area contributed by atoms with Crippen LogP contribution >= 0.6 is 12.6 Å². The highest BCUT2D eigenvalue weighted by molar-refractivity contribution is 7.81. The van der Waals surface area contributed by atoms with E-state index in [4.69, 9.17) is 14.2 Å². The van der Waals surface area contributed by atoms with E-state index in [-0.39, 0.29) is 18.8 Å². The fraction of sp³-hybridized carbons (Fsp3) is 0.800. The van der Waals surface area contributed by atoms with Gasteiger partial charge in [-0.15, -0.1) is 12.6 Å². The maximum absolute atomic E-state index is 11.2. The van der Waals surface area contributed by atoms with Crippen molar-refractivity contribution in [3.05, 3.63) is 12.7 Å². The summed E-state index contributed by atoms with van der Waals surface area (Å²) in [6, 6.07) is 0. The van der Waals surface area contributed by atoms with Crippen LogP contribution in [0.3, 0.4) is 0 Å². The summed E-state index contributed by atoms with van der Waals surface area (Å²) in [5.74, 6) is -0.478. The minimum Gasteiger partial charge on any atom is -0.456 e. The van der Waals surface area contributed by atoms with Gasteiger partial charge in [0.25, 0.3) is 5.12 Å². The molecule has 0 amide bonds. The molecular weight excluding hydrogens is 276 g/mol. The van der Waals surface area contributed by atoms with Crippen LogP contribution in [0.4, 0.5) is 0 Å². The molecule has 0 aromatic carbocycles. The molecule has 2 aliphatic carbocycles. The molecule has 0 aliphatic heterocycles. The SMILES string of the molecule is C=CC(=O)OCC(S)(OC1CCCC1)OC1CCCC1. The van der Waals surface area contributed by atoms with Crippen molar-refractivity contribution < 1.29 is 19.0 Å². The summed E-state index contributed by atoms with van der Waals surface area (Å²) in [5, 5.41) is -1.14. The Morgan fingerprint density at radius 1 is 1.10 bits per heavy atom. The van der Waals surface area contributed by atoms with E-state index < -0.39 is 11.1 Å². The molecule has 0 heterocycles. The van der Waals surface area contributed by atoms with Crippen molar-refractivity contribution in [1.29, 1.82) is 0 Å². The molecule has 2 saturated carbocycles. The van der Waals surface area contributed by atoms with Crippen LogP contribution in [-0.2, 0) is 19.0 Å². The second kappa shape index (κ2) is 7.48. The zero-order valence-electron chi connectivity index (χ0n) is 11.9. The molecule has 0 unspecified atom stereocenters. The quantitative estimate of drug-likeness (QED) is 0.339. The van der Waals surface area contributed by atoms with E-state index in [0.29, 0.717) is 0 Å². The number of ether oxygens (including phenoxy) is 3. The minimum absolute atomic E-state index is 0.00599. The third-order valence-electron chi connectivity index (χ3n) is 3.87. The van der Waals surface area contributed by atoms with Gasteiger partial charge in [0, 0.05) is 6.08 Å². The number of thiol groups is 1.